The van der Waals surface area contributed by atoms with Crippen LogP contribution in [0.5, 0.6) is 0 Å². The Hall–Kier alpha value is -5.38. The van der Waals surface area contributed by atoms with Crippen LogP contribution in [0.25, 0.3) is 11.1 Å². The lowest BCUT2D eigenvalue weighted by Crippen LogP contribution is -2.50. The number of nitrogens with one attached hydrogen (secondary N) is 2. The first-order valence-electron chi connectivity index (χ1n) is 39.3. The zero-order valence-electron chi connectivity index (χ0n) is 64.3. The summed E-state index contributed by atoms with van der Waals surface area (Å²) in [5.41, 5.74) is 8.41. The lowest BCUT2D eigenvalue weighted by Gasteiger charge is -2.57. The number of ether oxygens (including phenoxy) is 3. The van der Waals surface area contributed by atoms with Gasteiger partial charge in [-0.3, -0.25) is 29.1 Å². The summed E-state index contributed by atoms with van der Waals surface area (Å²) in [6, 6.07) is 7.16. The van der Waals surface area contributed by atoms with E-state index in [2.05, 4.69) is 111 Å². The largest absolute Gasteiger partial charge is 0.481 e. The quantitative estimate of drug-likeness (QED) is 0.0215. The first kappa shape index (κ1) is 86.5. The summed E-state index contributed by atoms with van der Waals surface area (Å²) in [6.07, 6.45) is 46.9. The van der Waals surface area contributed by atoms with Crippen LogP contribution in [0.2, 0.25) is 0 Å². The van der Waals surface area contributed by atoms with Gasteiger partial charge in [0.05, 0.1) is 24.3 Å². The van der Waals surface area contributed by atoms with Crippen molar-refractivity contribution in [2.45, 2.75) is 331 Å². The molecule has 2 unspecified atom stereocenters. The third-order valence-electron chi connectivity index (χ3n) is 24.4. The number of hydrogen-bond acceptors (Lipinski definition) is 12. The number of hydrogen-bond donors (Lipinski definition) is 4. The number of allylic oxidation sites excluding steroid dienone is 6. The number of esters is 3. The molecule has 2 amide bonds. The van der Waals surface area contributed by atoms with Crippen LogP contribution in [0.1, 0.15) is 307 Å². The first-order chi connectivity index (χ1) is 48.4. The van der Waals surface area contributed by atoms with Gasteiger partial charge in [-0.2, -0.15) is 0 Å². The SMILES string of the molecule is C.CCCCCCCCC(NC(=O)CCC(=O)O)C(=O)OC(C)(C)C.CCCCCCCCC(NC(=O)CCC(=O)O[C@H]1CC[C@@]2(C)C(=CC[C@@H]3[C@@H]2CC[C@]2(C)C(c4cccnc4)=CC[C@@H]32)C1)C(=O)OC(C)(C)C.C[C@]12CC[C@H](O)CC1=CC[C@@H]1[C@@H]2CC[C@]2(C)C(c3cccnc3)=CC[C@@H]12.ClCCl. The number of pyridine rings is 2. The molecule has 15 nitrogen and oxygen atoms in total. The predicted molar refractivity (Wildman–Crippen MR) is 415 cm³/mol. The molecular weight excluding hydrogens is 1340 g/mol. The van der Waals surface area contributed by atoms with E-state index in [1.54, 1.807) is 31.9 Å². The lowest BCUT2D eigenvalue weighted by atomic mass is 9.47. The fraction of sp³-hybridized carbons (Fsp3) is 0.721. The second-order valence-electron chi connectivity index (χ2n) is 33.8. The number of aliphatic hydroxyl groups is 1. The van der Waals surface area contributed by atoms with Crippen molar-refractivity contribution in [3.05, 3.63) is 95.6 Å². The number of carbonyl (C=O) groups is 6. The molecule has 17 heteroatoms. The number of fused-ring (bicyclic) bond motifs is 10. The van der Waals surface area contributed by atoms with Crippen LogP contribution in [0.15, 0.2) is 84.5 Å². The van der Waals surface area contributed by atoms with E-state index < -0.39 is 47.1 Å². The highest BCUT2D eigenvalue weighted by Crippen LogP contribution is 2.68. The van der Waals surface area contributed by atoms with Gasteiger partial charge in [0, 0.05) is 44.0 Å². The summed E-state index contributed by atoms with van der Waals surface area (Å²) in [4.78, 5) is 82.2. The average molecular weight is 1470 g/mol. The summed E-state index contributed by atoms with van der Waals surface area (Å²) in [5, 5.41) is 24.5. The molecule has 10 rings (SSSR count). The minimum absolute atomic E-state index is 0. The van der Waals surface area contributed by atoms with Crippen LogP contribution in [0.3, 0.4) is 0 Å². The molecule has 576 valence electrons. The molecule has 14 atom stereocenters. The maximum absolute atomic E-state index is 13.0. The Bertz CT molecular complexity index is 3190. The zero-order chi connectivity index (χ0) is 74.5. The molecule has 0 spiro atoms. The van der Waals surface area contributed by atoms with Crippen molar-refractivity contribution in [1.82, 2.24) is 20.6 Å². The van der Waals surface area contributed by atoms with Gasteiger partial charge in [0.1, 0.15) is 29.4 Å². The van der Waals surface area contributed by atoms with E-state index in [-0.39, 0.29) is 73.4 Å². The number of unbranched alkanes of at least 4 members (excludes halogenated alkanes) is 10. The van der Waals surface area contributed by atoms with Crippen molar-refractivity contribution in [1.29, 1.82) is 0 Å². The van der Waals surface area contributed by atoms with E-state index >= 15 is 0 Å². The van der Waals surface area contributed by atoms with Crippen LogP contribution in [0, 0.1) is 57.2 Å². The number of nitrogens with zero attached hydrogens (tertiary/aromatic N) is 2. The fourth-order valence-electron chi connectivity index (χ4n) is 19.2. The molecule has 4 N–H and O–H groups in total. The van der Waals surface area contributed by atoms with E-state index in [1.165, 1.54) is 106 Å². The highest BCUT2D eigenvalue weighted by Gasteiger charge is 2.59. The Morgan fingerprint density at radius 1 is 0.544 bits per heavy atom. The zero-order valence-corrected chi connectivity index (χ0v) is 65.8. The van der Waals surface area contributed by atoms with E-state index in [9.17, 15) is 33.9 Å². The summed E-state index contributed by atoms with van der Waals surface area (Å²) >= 11 is 9.53. The Kier molecular flexibility index (Phi) is 33.6. The average Bonchev–Trinajstić information content (AvgIpc) is 1.69. The van der Waals surface area contributed by atoms with Gasteiger partial charge in [-0.1, -0.05) is 174 Å². The van der Waals surface area contributed by atoms with Crippen molar-refractivity contribution in [2.75, 3.05) is 5.34 Å². The molecule has 0 aromatic carbocycles. The van der Waals surface area contributed by atoms with Crippen LogP contribution < -0.4 is 10.6 Å². The first-order valence-corrected chi connectivity index (χ1v) is 40.4. The third kappa shape index (κ3) is 23.8. The molecule has 8 aliphatic rings. The number of aromatic nitrogens is 2. The van der Waals surface area contributed by atoms with Gasteiger partial charge in [0.2, 0.25) is 11.8 Å². The molecule has 0 bridgehead atoms. The minimum atomic E-state index is -1.03. The molecule has 103 heavy (non-hydrogen) atoms. The van der Waals surface area contributed by atoms with Gasteiger partial charge in [0.15, 0.2) is 0 Å². The molecule has 4 fully saturated rings. The summed E-state index contributed by atoms with van der Waals surface area (Å²) in [5.74, 6) is 1.35. The van der Waals surface area contributed by atoms with Crippen molar-refractivity contribution >= 4 is 70.0 Å². The molecular formula is C86H132Cl2N4O11. The van der Waals surface area contributed by atoms with Gasteiger partial charge in [-0.25, -0.2) is 9.59 Å². The number of amides is 2. The number of aliphatic carboxylic acids is 1. The second-order valence-corrected chi connectivity index (χ2v) is 34.6. The molecule has 0 aliphatic heterocycles. The number of carboxylic acid groups (broad SMARTS) is 1. The van der Waals surface area contributed by atoms with Gasteiger partial charge < -0.3 is 35.1 Å². The monoisotopic (exact) mass is 1470 g/mol. The van der Waals surface area contributed by atoms with Crippen LogP contribution in [-0.2, 0) is 43.0 Å². The maximum Gasteiger partial charge on any atom is 0.329 e. The highest BCUT2D eigenvalue weighted by molar-refractivity contribution is 6.40. The normalized spacial score (nSPS) is 28.5. The molecule has 8 aliphatic carbocycles. The predicted octanol–water partition coefficient (Wildman–Crippen LogP) is 20.2. The van der Waals surface area contributed by atoms with Crippen LogP contribution in [0.4, 0.5) is 0 Å². The number of carboxylic acids is 1. The molecule has 2 aromatic rings. The van der Waals surface area contributed by atoms with Crippen LogP contribution >= 0.6 is 23.2 Å². The van der Waals surface area contributed by atoms with Crippen molar-refractivity contribution in [3.8, 4) is 0 Å². The van der Waals surface area contributed by atoms with Gasteiger partial charge in [-0.15, -0.1) is 23.2 Å². The maximum atomic E-state index is 13.0. The molecule has 0 radical (unpaired) electrons. The summed E-state index contributed by atoms with van der Waals surface area (Å²) < 4.78 is 16.9. The van der Waals surface area contributed by atoms with Crippen molar-refractivity contribution in [2.24, 2.45) is 57.2 Å². The van der Waals surface area contributed by atoms with Gasteiger partial charge >= 0.3 is 23.9 Å². The molecule has 2 aromatic heterocycles. The number of rotatable bonds is 27. The Balaban J connectivity index is 0.000000260. The van der Waals surface area contributed by atoms with Crippen molar-refractivity contribution in [3.63, 3.8) is 0 Å². The topological polar surface area (TPSA) is 220 Å². The summed E-state index contributed by atoms with van der Waals surface area (Å²) in [6.45, 7) is 25.2. The molecule has 4 saturated carbocycles. The van der Waals surface area contributed by atoms with E-state index in [0.717, 1.165) is 101 Å². The van der Waals surface area contributed by atoms with E-state index in [4.69, 9.17) is 42.5 Å². The number of alkyl halides is 2. The van der Waals surface area contributed by atoms with E-state index in [0.29, 0.717) is 41.4 Å². The standard InChI is InChI=1S/C42H62N2O5.C24H31NO.C18H33NO5.CH2Cl2.CH4/c1-7-8-9-10-11-12-15-36(39(47)49-40(2,3)4)44-37(45)20-21-38(46)48-31-22-24-41(5)30(27-31)16-17-32-34-19-18-33(29-14-13-26-43-28-29)42(34,6)25-23-35(32)41;1-23-11-9-18(26)14-17(23)5-6-19-21-8-7-20(16-4-3-13-25-15-16)24(21,2)12-10-22(19)23;1-5-6-7-8-9-10-11-14(17(23)24-18(2,3)4)19-15(20)12-13-16(21)22;2-1-3;/h13-14,16,18,26,28,31-32,34-36H,7-12,15,17,19-25,27H2,1-6H3,(H,44,45);3-5,7,13,15,18-19,21-22,26H,6,8-12,14H2,1-2H3;14H,5-13H2,1-4H3,(H,19,20)(H,21,22);1H2;1H4/t31-,32-,34-,35-,36?,41-,42+;18-,19-,21-,22-,23-,24+;;;/m00.../s1. The smallest absolute Gasteiger partial charge is 0.329 e. The lowest BCUT2D eigenvalue weighted by molar-refractivity contribution is -0.159. The Morgan fingerprint density at radius 2 is 0.951 bits per heavy atom. The molecule has 0 saturated heterocycles. The third-order valence-corrected chi connectivity index (χ3v) is 24.4. The Labute approximate surface area is 629 Å². The number of aliphatic hydroxyl groups excluding tert-OH is 1. The Morgan fingerprint density at radius 3 is 1.37 bits per heavy atom. The van der Waals surface area contributed by atoms with E-state index in [1.807, 2.05) is 45.6 Å². The number of carbonyl (C=O) groups excluding carboxylic acids is 5. The van der Waals surface area contributed by atoms with Crippen LogP contribution in [-0.4, -0.2) is 96.7 Å². The highest BCUT2D eigenvalue weighted by atomic mass is 35.5. The number of halogens is 2. The second kappa shape index (κ2) is 40.0. The fourth-order valence-corrected chi connectivity index (χ4v) is 19.2. The molecule has 2 heterocycles. The van der Waals surface area contributed by atoms with Gasteiger partial charge in [0.25, 0.3) is 0 Å². The van der Waals surface area contributed by atoms with Crippen molar-refractivity contribution < 1.29 is 53.2 Å². The van der Waals surface area contributed by atoms with Gasteiger partial charge in [-0.05, 0) is 229 Å². The minimum Gasteiger partial charge on any atom is -0.481 e. The summed E-state index contributed by atoms with van der Waals surface area (Å²) in [7, 11) is 0.